The quantitative estimate of drug-likeness (QED) is 0.350. The molecule has 0 N–H and O–H groups in total. The summed E-state index contributed by atoms with van der Waals surface area (Å²) in [4.78, 5) is 21.8. The van der Waals surface area contributed by atoms with Crippen LogP contribution in [0.25, 0.3) is 28.2 Å². The van der Waals surface area contributed by atoms with Gasteiger partial charge in [-0.1, -0.05) is 19.1 Å². The maximum Gasteiger partial charge on any atom is 0.434 e. The van der Waals surface area contributed by atoms with Crippen LogP contribution in [-0.4, -0.2) is 31.5 Å². The minimum absolute atomic E-state index is 0.0963. The van der Waals surface area contributed by atoms with Crippen molar-refractivity contribution in [2.45, 2.75) is 44.8 Å². The van der Waals surface area contributed by atoms with Crippen molar-refractivity contribution in [1.82, 2.24) is 19.6 Å². The molecule has 34 heavy (non-hydrogen) atoms. The van der Waals surface area contributed by atoms with Gasteiger partial charge in [0.1, 0.15) is 0 Å². The normalized spacial score (nSPS) is 14.9. The molecule has 0 radical (unpaired) electrons. The van der Waals surface area contributed by atoms with Gasteiger partial charge in [-0.15, -0.1) is 0 Å². The molecule has 1 aromatic carbocycles. The van der Waals surface area contributed by atoms with Gasteiger partial charge < -0.3 is 4.90 Å². The second-order valence-corrected chi connectivity index (χ2v) is 8.71. The standard InChI is InChI=1S/C25H22F3N5O/c1-3-16-6-7-17(13-21(16)32(15-34)24(2)10-11-24)20-14-33-22(30-20)9-8-19(31-33)18-5-4-12-29-23(18)25(26,27)28/h4-9,12-15H,3,10-11H2,1-2H3. The summed E-state index contributed by atoms with van der Waals surface area (Å²) in [5.41, 5.74) is 2.72. The Bertz CT molecular complexity index is 1390. The summed E-state index contributed by atoms with van der Waals surface area (Å²) in [5, 5.41) is 4.37. The van der Waals surface area contributed by atoms with E-state index in [0.29, 0.717) is 11.3 Å². The Balaban J connectivity index is 1.57. The zero-order valence-corrected chi connectivity index (χ0v) is 18.7. The number of anilines is 1. The lowest BCUT2D eigenvalue weighted by Crippen LogP contribution is -2.34. The molecule has 1 aliphatic rings. The van der Waals surface area contributed by atoms with E-state index in [1.807, 2.05) is 25.1 Å². The molecule has 9 heteroatoms. The molecule has 174 valence electrons. The first-order valence-electron chi connectivity index (χ1n) is 11.0. The Labute approximate surface area is 194 Å². The molecule has 1 saturated carbocycles. The number of hydrogen-bond acceptors (Lipinski definition) is 4. The van der Waals surface area contributed by atoms with E-state index >= 15 is 0 Å². The second-order valence-electron chi connectivity index (χ2n) is 8.71. The van der Waals surface area contributed by atoms with Gasteiger partial charge in [-0.2, -0.15) is 18.3 Å². The number of carbonyl (C=O) groups is 1. The summed E-state index contributed by atoms with van der Waals surface area (Å²) < 4.78 is 41.7. The number of alkyl halides is 3. The van der Waals surface area contributed by atoms with E-state index in [1.54, 1.807) is 17.2 Å². The molecule has 4 aromatic rings. The number of imidazole rings is 1. The van der Waals surface area contributed by atoms with Crippen molar-refractivity contribution >= 4 is 17.7 Å². The highest BCUT2D eigenvalue weighted by Gasteiger charge is 2.44. The number of fused-ring (bicyclic) bond motifs is 1. The van der Waals surface area contributed by atoms with Crippen molar-refractivity contribution in [3.05, 3.63) is 66.1 Å². The number of nitrogens with zero attached hydrogens (tertiary/aromatic N) is 5. The third-order valence-corrected chi connectivity index (χ3v) is 6.35. The van der Waals surface area contributed by atoms with Crippen LogP contribution in [0.5, 0.6) is 0 Å². The van der Waals surface area contributed by atoms with Gasteiger partial charge in [0.05, 0.1) is 17.6 Å². The van der Waals surface area contributed by atoms with Crippen LogP contribution in [0.1, 0.15) is 37.9 Å². The molecule has 5 rings (SSSR count). The van der Waals surface area contributed by atoms with E-state index in [2.05, 4.69) is 22.0 Å². The molecule has 0 unspecified atom stereocenters. The van der Waals surface area contributed by atoms with Gasteiger partial charge in [0.25, 0.3) is 0 Å². The predicted octanol–water partition coefficient (Wildman–Crippen LogP) is 5.55. The summed E-state index contributed by atoms with van der Waals surface area (Å²) >= 11 is 0. The molecule has 1 amide bonds. The Morgan fingerprint density at radius 3 is 2.62 bits per heavy atom. The topological polar surface area (TPSA) is 63.4 Å². The molecule has 0 atom stereocenters. The first-order valence-corrected chi connectivity index (χ1v) is 11.0. The van der Waals surface area contributed by atoms with Crippen molar-refractivity contribution in [2.75, 3.05) is 4.90 Å². The van der Waals surface area contributed by atoms with E-state index in [1.165, 1.54) is 22.7 Å². The number of aryl methyl sites for hydroxylation is 1. The molecule has 1 fully saturated rings. The lowest BCUT2D eigenvalue weighted by Gasteiger charge is -2.27. The molecule has 0 bridgehead atoms. The van der Waals surface area contributed by atoms with E-state index < -0.39 is 11.9 Å². The van der Waals surface area contributed by atoms with Crippen molar-refractivity contribution < 1.29 is 18.0 Å². The van der Waals surface area contributed by atoms with Gasteiger partial charge in [0.15, 0.2) is 11.3 Å². The van der Waals surface area contributed by atoms with Crippen molar-refractivity contribution in [3.8, 4) is 22.5 Å². The fourth-order valence-corrected chi connectivity index (χ4v) is 4.15. The van der Waals surface area contributed by atoms with Crippen LogP contribution >= 0.6 is 0 Å². The summed E-state index contributed by atoms with van der Waals surface area (Å²) in [7, 11) is 0. The Morgan fingerprint density at radius 2 is 1.94 bits per heavy atom. The summed E-state index contributed by atoms with van der Waals surface area (Å²) in [6, 6.07) is 11.8. The van der Waals surface area contributed by atoms with Crippen LogP contribution in [0.4, 0.5) is 18.9 Å². The molecule has 1 aliphatic carbocycles. The van der Waals surface area contributed by atoms with Gasteiger partial charge in [0.2, 0.25) is 6.41 Å². The Hall–Kier alpha value is -3.75. The lowest BCUT2D eigenvalue weighted by atomic mass is 10.0. The largest absolute Gasteiger partial charge is 0.434 e. The number of hydrogen-bond donors (Lipinski definition) is 0. The van der Waals surface area contributed by atoms with Crippen LogP contribution in [0.2, 0.25) is 0 Å². The average molecular weight is 465 g/mol. The third kappa shape index (κ3) is 3.81. The van der Waals surface area contributed by atoms with Gasteiger partial charge in [-0.05, 0) is 62.1 Å². The Kier molecular flexibility index (Phi) is 5.15. The molecule has 0 aliphatic heterocycles. The van der Waals surface area contributed by atoms with Crippen molar-refractivity contribution in [3.63, 3.8) is 0 Å². The van der Waals surface area contributed by atoms with Gasteiger partial charge >= 0.3 is 6.18 Å². The number of halogens is 3. The molecule has 6 nitrogen and oxygen atoms in total. The lowest BCUT2D eigenvalue weighted by molar-refractivity contribution is -0.140. The van der Waals surface area contributed by atoms with E-state index in [4.69, 9.17) is 0 Å². The number of carbonyl (C=O) groups excluding carboxylic acids is 1. The zero-order valence-electron chi connectivity index (χ0n) is 18.7. The number of rotatable bonds is 6. The number of aromatic nitrogens is 4. The monoisotopic (exact) mass is 465 g/mol. The fourth-order valence-electron chi connectivity index (χ4n) is 4.15. The molecule has 0 spiro atoms. The minimum atomic E-state index is -4.59. The first kappa shape index (κ1) is 22.1. The molecule has 3 heterocycles. The maximum absolute atomic E-state index is 13.4. The highest BCUT2D eigenvalue weighted by molar-refractivity contribution is 5.83. The molecular formula is C25H22F3N5O. The SMILES string of the molecule is CCc1ccc(-c2cn3nc(-c4cccnc4C(F)(F)F)ccc3n2)cc1N(C=O)C1(C)CC1. The maximum atomic E-state index is 13.4. The van der Waals surface area contributed by atoms with Crippen molar-refractivity contribution in [2.24, 2.45) is 0 Å². The highest BCUT2D eigenvalue weighted by atomic mass is 19.4. The fraction of sp³-hybridized carbons (Fsp3) is 0.280. The number of amides is 1. The van der Waals surface area contributed by atoms with E-state index in [-0.39, 0.29) is 16.8 Å². The van der Waals surface area contributed by atoms with Crippen LogP contribution in [0, 0.1) is 0 Å². The Morgan fingerprint density at radius 1 is 1.15 bits per heavy atom. The minimum Gasteiger partial charge on any atom is -0.309 e. The smallest absolute Gasteiger partial charge is 0.309 e. The second kappa shape index (κ2) is 7.93. The van der Waals surface area contributed by atoms with Crippen LogP contribution in [0.3, 0.4) is 0 Å². The van der Waals surface area contributed by atoms with Gasteiger partial charge in [0, 0.05) is 28.6 Å². The van der Waals surface area contributed by atoms with E-state index in [0.717, 1.165) is 48.7 Å². The number of pyridine rings is 1. The average Bonchev–Trinajstić information content (AvgIpc) is 3.41. The molecule has 0 saturated heterocycles. The third-order valence-electron chi connectivity index (χ3n) is 6.35. The predicted molar refractivity (Wildman–Crippen MR) is 122 cm³/mol. The molecule has 3 aromatic heterocycles. The van der Waals surface area contributed by atoms with Crippen LogP contribution in [0.15, 0.2) is 54.9 Å². The molecular weight excluding hydrogens is 443 g/mol. The summed E-state index contributed by atoms with van der Waals surface area (Å²) in [6.07, 6.45) is 1.77. The van der Waals surface area contributed by atoms with E-state index in [9.17, 15) is 18.0 Å². The zero-order chi connectivity index (χ0) is 24.1. The van der Waals surface area contributed by atoms with Crippen LogP contribution < -0.4 is 4.90 Å². The van der Waals surface area contributed by atoms with Crippen LogP contribution in [-0.2, 0) is 17.4 Å². The highest BCUT2D eigenvalue weighted by Crippen LogP contribution is 2.44. The summed E-state index contributed by atoms with van der Waals surface area (Å²) in [5.74, 6) is 0. The van der Waals surface area contributed by atoms with Gasteiger partial charge in [-0.25, -0.2) is 9.50 Å². The number of benzene rings is 1. The summed E-state index contributed by atoms with van der Waals surface area (Å²) in [6.45, 7) is 4.11. The van der Waals surface area contributed by atoms with Gasteiger partial charge in [-0.3, -0.25) is 9.78 Å². The van der Waals surface area contributed by atoms with Crippen molar-refractivity contribution in [1.29, 1.82) is 0 Å². The first-order chi connectivity index (χ1) is 16.2.